The Labute approximate surface area is 74.8 Å². The Morgan fingerprint density at radius 3 is 2.08 bits per heavy atom. The van der Waals surface area contributed by atoms with Crippen LogP contribution in [-0.2, 0) is 4.79 Å². The quantitative estimate of drug-likeness (QED) is 0.604. The van der Waals surface area contributed by atoms with E-state index in [2.05, 4.69) is 0 Å². The highest BCUT2D eigenvalue weighted by molar-refractivity contribution is 6.11. The first-order valence-electron chi connectivity index (χ1n) is 4.68. The maximum absolute atomic E-state index is 10.7. The predicted octanol–water partition coefficient (Wildman–Crippen LogP) is 2.00. The second-order valence-corrected chi connectivity index (χ2v) is 3.66. The highest BCUT2D eigenvalue weighted by Gasteiger charge is 2.19. The van der Waals surface area contributed by atoms with Crippen molar-refractivity contribution in [2.75, 3.05) is 0 Å². The van der Waals surface area contributed by atoms with Crippen LogP contribution in [0.3, 0.4) is 0 Å². The molecule has 3 heteroatoms. The summed E-state index contributed by atoms with van der Waals surface area (Å²) < 4.78 is 0. The average Bonchev–Trinajstić information content (AvgIpc) is 1.95. The summed E-state index contributed by atoms with van der Waals surface area (Å²) in [5.41, 5.74) is 0. The molecule has 0 spiro atoms. The highest BCUT2D eigenvalue weighted by Crippen LogP contribution is 2.27. The topological polar surface area (TPSA) is 37.3 Å². The minimum absolute atomic E-state index is 0.113. The molecule has 2 nitrogen and oxygen atoms in total. The molecule has 0 unspecified atom stereocenters. The minimum atomic E-state index is -0.634. The third kappa shape index (κ3) is 2.88. The van der Waals surface area contributed by atoms with Crippen LogP contribution in [0.15, 0.2) is 0 Å². The van der Waals surface area contributed by atoms with Crippen LogP contribution in [0.1, 0.15) is 38.5 Å². The van der Waals surface area contributed by atoms with Crippen molar-refractivity contribution in [1.29, 1.82) is 0 Å². The Hall–Kier alpha value is -0.465. The molecule has 0 amide bonds. The largest absolute Gasteiger partial charge is 0.481 e. The van der Waals surface area contributed by atoms with Gasteiger partial charge in [-0.1, -0.05) is 31.5 Å². The maximum Gasteiger partial charge on any atom is 0.306 e. The molecule has 0 atom stereocenters. The molecule has 0 aromatic carbocycles. The Balaban J connectivity index is 2.35. The van der Waals surface area contributed by atoms with Gasteiger partial charge >= 0.3 is 5.97 Å². The molecule has 1 aliphatic rings. The van der Waals surface area contributed by atoms with Crippen LogP contribution < -0.4 is 0 Å². The Morgan fingerprint density at radius 1 is 1.17 bits per heavy atom. The molecule has 0 bridgehead atoms. The average molecular weight is 166 g/mol. The van der Waals surface area contributed by atoms with Gasteiger partial charge in [-0.25, -0.2) is 0 Å². The van der Waals surface area contributed by atoms with Gasteiger partial charge in [-0.3, -0.25) is 4.79 Å². The molecule has 1 N–H and O–H groups in total. The summed E-state index contributed by atoms with van der Waals surface area (Å²) in [5.74, 6) is -0.442. The fourth-order valence-corrected chi connectivity index (χ4v) is 1.79. The summed E-state index contributed by atoms with van der Waals surface area (Å²) in [6, 6.07) is 0. The first kappa shape index (κ1) is 9.62. The number of carboxylic acid groups (broad SMARTS) is 1. The monoisotopic (exact) mass is 166 g/mol. The van der Waals surface area contributed by atoms with Gasteiger partial charge in [-0.05, 0) is 12.8 Å². The zero-order valence-corrected chi connectivity index (χ0v) is 7.33. The van der Waals surface area contributed by atoms with Crippen molar-refractivity contribution < 1.29 is 9.90 Å². The molecule has 66 valence electrons. The second-order valence-electron chi connectivity index (χ2n) is 3.66. The lowest BCUT2D eigenvalue weighted by atomic mass is 9.76. The van der Waals surface area contributed by atoms with E-state index < -0.39 is 5.97 Å². The summed E-state index contributed by atoms with van der Waals surface area (Å²) >= 11 is 0. The Bertz CT molecular complexity index is 149. The number of carbonyl (C=O) groups is 1. The standard InChI is InChI=1S/C9H15BO2/c10-8-5-1-3-7(9(11)12)4-2-6-8/h7-8H,1-6H2,(H,11,12). The van der Waals surface area contributed by atoms with Gasteiger partial charge in [-0.2, -0.15) is 0 Å². The van der Waals surface area contributed by atoms with Gasteiger partial charge in [0, 0.05) is 0 Å². The van der Waals surface area contributed by atoms with Crippen molar-refractivity contribution in [1.82, 2.24) is 0 Å². The van der Waals surface area contributed by atoms with Gasteiger partial charge in [0.05, 0.1) is 13.8 Å². The zero-order chi connectivity index (χ0) is 8.97. The van der Waals surface area contributed by atoms with Gasteiger partial charge in [0.15, 0.2) is 0 Å². The number of rotatable bonds is 1. The first-order valence-corrected chi connectivity index (χ1v) is 4.68. The van der Waals surface area contributed by atoms with Crippen molar-refractivity contribution in [3.05, 3.63) is 0 Å². The van der Waals surface area contributed by atoms with E-state index in [0.717, 1.165) is 38.5 Å². The third-order valence-electron chi connectivity index (χ3n) is 2.60. The van der Waals surface area contributed by atoms with E-state index in [9.17, 15) is 4.79 Å². The molecule has 1 saturated carbocycles. The Kier molecular flexibility index (Phi) is 3.64. The fourth-order valence-electron chi connectivity index (χ4n) is 1.79. The van der Waals surface area contributed by atoms with Gasteiger partial charge in [0.25, 0.3) is 0 Å². The molecule has 1 aliphatic carbocycles. The number of aliphatic carboxylic acids is 1. The normalized spacial score (nSPS) is 32.0. The van der Waals surface area contributed by atoms with E-state index in [-0.39, 0.29) is 5.92 Å². The molecule has 12 heavy (non-hydrogen) atoms. The van der Waals surface area contributed by atoms with E-state index >= 15 is 0 Å². The van der Waals surface area contributed by atoms with Gasteiger partial charge < -0.3 is 5.11 Å². The third-order valence-corrected chi connectivity index (χ3v) is 2.60. The van der Waals surface area contributed by atoms with Crippen molar-refractivity contribution >= 4 is 13.8 Å². The van der Waals surface area contributed by atoms with Crippen molar-refractivity contribution in [2.45, 2.75) is 44.3 Å². The number of carboxylic acids is 1. The van der Waals surface area contributed by atoms with Crippen molar-refractivity contribution in [3.8, 4) is 0 Å². The highest BCUT2D eigenvalue weighted by atomic mass is 16.4. The zero-order valence-electron chi connectivity index (χ0n) is 7.33. The van der Waals surface area contributed by atoms with E-state index in [1.54, 1.807) is 0 Å². The molecule has 2 radical (unpaired) electrons. The van der Waals surface area contributed by atoms with E-state index in [4.69, 9.17) is 13.0 Å². The number of hydrogen-bond acceptors (Lipinski definition) is 1. The first-order chi connectivity index (χ1) is 5.70. The SMILES string of the molecule is [B]C1CCCC(C(=O)O)CCC1. The second kappa shape index (κ2) is 4.53. The van der Waals surface area contributed by atoms with E-state index in [1.165, 1.54) is 0 Å². The van der Waals surface area contributed by atoms with E-state index in [0.29, 0.717) is 5.82 Å². The summed E-state index contributed by atoms with van der Waals surface area (Å²) in [5, 5.41) is 8.79. The van der Waals surface area contributed by atoms with Crippen LogP contribution in [0.25, 0.3) is 0 Å². The van der Waals surface area contributed by atoms with Crippen LogP contribution in [0.5, 0.6) is 0 Å². The molecule has 1 rings (SSSR count). The van der Waals surface area contributed by atoms with Gasteiger partial charge in [-0.15, -0.1) is 0 Å². The van der Waals surface area contributed by atoms with Crippen molar-refractivity contribution in [3.63, 3.8) is 0 Å². The summed E-state index contributed by atoms with van der Waals surface area (Å²) in [6.45, 7) is 0. The molecule has 0 aliphatic heterocycles. The van der Waals surface area contributed by atoms with Crippen LogP contribution >= 0.6 is 0 Å². The summed E-state index contributed by atoms with van der Waals surface area (Å²) in [7, 11) is 5.78. The lowest BCUT2D eigenvalue weighted by Crippen LogP contribution is -2.15. The van der Waals surface area contributed by atoms with Crippen molar-refractivity contribution in [2.24, 2.45) is 5.92 Å². The lowest BCUT2D eigenvalue weighted by Gasteiger charge is -2.19. The predicted molar refractivity (Wildman–Crippen MR) is 48.3 cm³/mol. The summed E-state index contributed by atoms with van der Waals surface area (Å²) in [6.07, 6.45) is 5.54. The number of hydrogen-bond donors (Lipinski definition) is 1. The van der Waals surface area contributed by atoms with E-state index in [1.807, 2.05) is 0 Å². The molecular weight excluding hydrogens is 151 g/mol. The smallest absolute Gasteiger partial charge is 0.306 e. The van der Waals surface area contributed by atoms with Crippen LogP contribution in [0.4, 0.5) is 0 Å². The lowest BCUT2D eigenvalue weighted by molar-refractivity contribution is -0.142. The van der Waals surface area contributed by atoms with Crippen LogP contribution in [-0.4, -0.2) is 18.9 Å². The van der Waals surface area contributed by atoms with Crippen LogP contribution in [0, 0.1) is 5.92 Å². The molecular formula is C9H15BO2. The fraction of sp³-hybridized carbons (Fsp3) is 0.889. The summed E-state index contributed by atoms with van der Waals surface area (Å²) in [4.78, 5) is 10.7. The molecule has 0 saturated heterocycles. The molecule has 1 fully saturated rings. The minimum Gasteiger partial charge on any atom is -0.481 e. The van der Waals surface area contributed by atoms with Gasteiger partial charge in [0.2, 0.25) is 0 Å². The van der Waals surface area contributed by atoms with Crippen LogP contribution in [0.2, 0.25) is 5.82 Å². The molecule has 0 aromatic rings. The Morgan fingerprint density at radius 2 is 1.67 bits per heavy atom. The maximum atomic E-state index is 10.7. The molecule has 0 heterocycles. The molecule has 0 aromatic heterocycles. The van der Waals surface area contributed by atoms with Gasteiger partial charge in [0.1, 0.15) is 0 Å².